The first-order valence-corrected chi connectivity index (χ1v) is 11.0. The number of benzene rings is 2. The van der Waals surface area contributed by atoms with Crippen molar-refractivity contribution in [3.63, 3.8) is 0 Å². The fraction of sp³-hybridized carbons (Fsp3) is 0.214. The number of rotatable bonds is 3. The van der Waals surface area contributed by atoms with Crippen molar-refractivity contribution in [1.82, 2.24) is 9.38 Å². The SMILES string of the molecule is CC(C)c1ccc(NC=O)cc1C(F)(F)F.Cc1ccc(C)c(C#Cc2cnc3ccccn23)c1. The molecular formula is C28H26F3N3O. The lowest BCUT2D eigenvalue weighted by Gasteiger charge is -2.16. The number of alkyl halides is 3. The predicted molar refractivity (Wildman–Crippen MR) is 132 cm³/mol. The van der Waals surface area contributed by atoms with Crippen LogP contribution in [0.1, 0.15) is 53.3 Å². The van der Waals surface area contributed by atoms with Crippen molar-refractivity contribution in [2.75, 3.05) is 5.32 Å². The molecule has 1 N–H and O–H groups in total. The number of carbonyl (C=O) groups is 1. The number of anilines is 1. The molecule has 7 heteroatoms. The zero-order chi connectivity index (χ0) is 25.6. The number of hydrogen-bond acceptors (Lipinski definition) is 2. The number of halogens is 3. The van der Waals surface area contributed by atoms with E-state index in [9.17, 15) is 18.0 Å². The van der Waals surface area contributed by atoms with Gasteiger partial charge in [-0.25, -0.2) is 4.98 Å². The van der Waals surface area contributed by atoms with Crippen LogP contribution in [0.4, 0.5) is 18.9 Å². The lowest BCUT2D eigenvalue weighted by atomic mass is 9.96. The van der Waals surface area contributed by atoms with Gasteiger partial charge in [0.25, 0.3) is 0 Å². The molecule has 35 heavy (non-hydrogen) atoms. The summed E-state index contributed by atoms with van der Waals surface area (Å²) in [7, 11) is 0. The maximum Gasteiger partial charge on any atom is 0.416 e. The quantitative estimate of drug-likeness (QED) is 0.262. The highest BCUT2D eigenvalue weighted by Crippen LogP contribution is 2.36. The van der Waals surface area contributed by atoms with E-state index in [0.29, 0.717) is 6.41 Å². The van der Waals surface area contributed by atoms with Crippen molar-refractivity contribution >= 4 is 17.7 Å². The van der Waals surface area contributed by atoms with Gasteiger partial charge in [0.15, 0.2) is 0 Å². The largest absolute Gasteiger partial charge is 0.416 e. The first-order chi connectivity index (χ1) is 16.6. The highest BCUT2D eigenvalue weighted by molar-refractivity contribution is 5.71. The Morgan fingerprint density at radius 3 is 2.49 bits per heavy atom. The molecule has 0 aliphatic heterocycles. The van der Waals surface area contributed by atoms with E-state index in [1.165, 1.54) is 23.3 Å². The number of amides is 1. The molecule has 4 aromatic rings. The normalized spacial score (nSPS) is 10.9. The molecule has 180 valence electrons. The zero-order valence-electron chi connectivity index (χ0n) is 19.9. The highest BCUT2D eigenvalue weighted by Gasteiger charge is 2.34. The third-order valence-electron chi connectivity index (χ3n) is 5.34. The minimum Gasteiger partial charge on any atom is -0.329 e. The lowest BCUT2D eigenvalue weighted by Crippen LogP contribution is -2.11. The van der Waals surface area contributed by atoms with Gasteiger partial charge in [-0.15, -0.1) is 0 Å². The highest BCUT2D eigenvalue weighted by atomic mass is 19.4. The van der Waals surface area contributed by atoms with Crippen LogP contribution >= 0.6 is 0 Å². The molecule has 2 aromatic carbocycles. The van der Waals surface area contributed by atoms with Gasteiger partial charge in [-0.1, -0.05) is 44.0 Å². The summed E-state index contributed by atoms with van der Waals surface area (Å²) in [5, 5.41) is 2.21. The first-order valence-electron chi connectivity index (χ1n) is 11.0. The Hall–Kier alpha value is -4.05. The second kappa shape index (κ2) is 10.9. The Morgan fingerprint density at radius 2 is 1.80 bits per heavy atom. The molecule has 0 atom stereocenters. The Kier molecular flexibility index (Phi) is 7.98. The van der Waals surface area contributed by atoms with Crippen molar-refractivity contribution in [3.8, 4) is 11.8 Å². The zero-order valence-corrected chi connectivity index (χ0v) is 19.9. The van der Waals surface area contributed by atoms with E-state index in [1.807, 2.05) is 35.0 Å². The number of fused-ring (bicyclic) bond motifs is 1. The molecule has 0 bridgehead atoms. The van der Waals surface area contributed by atoms with E-state index in [1.54, 1.807) is 13.8 Å². The van der Waals surface area contributed by atoms with E-state index >= 15 is 0 Å². The Bertz CT molecular complexity index is 1390. The average Bonchev–Trinajstić information content (AvgIpc) is 3.23. The number of hydrogen-bond donors (Lipinski definition) is 1. The number of aromatic nitrogens is 2. The minimum atomic E-state index is -4.40. The van der Waals surface area contributed by atoms with Gasteiger partial charge in [0.1, 0.15) is 11.3 Å². The molecule has 0 radical (unpaired) electrons. The third kappa shape index (κ3) is 6.51. The fourth-order valence-corrected chi connectivity index (χ4v) is 3.49. The smallest absolute Gasteiger partial charge is 0.329 e. The number of aryl methyl sites for hydroxylation is 2. The summed E-state index contributed by atoms with van der Waals surface area (Å²) in [4.78, 5) is 14.5. The van der Waals surface area contributed by atoms with Gasteiger partial charge in [-0.05, 0) is 72.7 Å². The van der Waals surface area contributed by atoms with Gasteiger partial charge in [0.05, 0.1) is 11.8 Å². The molecule has 0 unspecified atom stereocenters. The summed E-state index contributed by atoms with van der Waals surface area (Å²) >= 11 is 0. The predicted octanol–water partition coefficient (Wildman–Crippen LogP) is 6.75. The summed E-state index contributed by atoms with van der Waals surface area (Å²) < 4.78 is 40.1. The van der Waals surface area contributed by atoms with Crippen LogP contribution in [0.2, 0.25) is 0 Å². The molecule has 2 aromatic heterocycles. The molecule has 1 amide bonds. The lowest BCUT2D eigenvalue weighted by molar-refractivity contribution is -0.138. The molecule has 2 heterocycles. The topological polar surface area (TPSA) is 46.4 Å². The van der Waals surface area contributed by atoms with Crippen molar-refractivity contribution in [2.45, 2.75) is 39.8 Å². The van der Waals surface area contributed by atoms with Crippen molar-refractivity contribution in [3.05, 3.63) is 101 Å². The molecular weight excluding hydrogens is 451 g/mol. The summed E-state index contributed by atoms with van der Waals surface area (Å²) in [6.07, 6.45) is -0.256. The number of nitrogens with one attached hydrogen (secondary N) is 1. The van der Waals surface area contributed by atoms with Crippen LogP contribution in [-0.4, -0.2) is 15.8 Å². The van der Waals surface area contributed by atoms with Gasteiger partial charge in [0.2, 0.25) is 6.41 Å². The molecule has 0 aliphatic rings. The summed E-state index contributed by atoms with van der Waals surface area (Å²) in [5.41, 5.74) is 5.01. The van der Waals surface area contributed by atoms with Gasteiger partial charge >= 0.3 is 6.18 Å². The summed E-state index contributed by atoms with van der Waals surface area (Å²) in [6.45, 7) is 7.55. The number of pyridine rings is 1. The standard InChI is InChI=1S/C17H14N2.C11H12F3NO/c1-13-6-7-14(2)15(11-13)8-9-16-12-18-17-5-3-4-10-19(16)17;1-7(2)9-4-3-8(15-6-16)5-10(9)11(12,13)14/h3-7,10-12H,1-2H3;3-7H,1-2H3,(H,15,16). The Labute approximate surface area is 202 Å². The van der Waals surface area contributed by atoms with Crippen LogP contribution in [0.15, 0.2) is 67.0 Å². The van der Waals surface area contributed by atoms with Crippen LogP contribution in [-0.2, 0) is 11.0 Å². The average molecular weight is 478 g/mol. The summed E-state index contributed by atoms with van der Waals surface area (Å²) in [5.74, 6) is 6.22. The minimum absolute atomic E-state index is 0.145. The first kappa shape index (κ1) is 25.6. The second-order valence-corrected chi connectivity index (χ2v) is 8.36. The van der Waals surface area contributed by atoms with Crippen molar-refractivity contribution in [1.29, 1.82) is 0 Å². The van der Waals surface area contributed by atoms with E-state index in [2.05, 4.69) is 54.2 Å². The maximum atomic E-state index is 12.7. The van der Waals surface area contributed by atoms with Gasteiger partial charge in [-0.2, -0.15) is 13.2 Å². The van der Waals surface area contributed by atoms with Crippen molar-refractivity contribution < 1.29 is 18.0 Å². The molecule has 4 rings (SSSR count). The monoisotopic (exact) mass is 477 g/mol. The van der Waals surface area contributed by atoms with Gasteiger partial charge in [-0.3, -0.25) is 9.20 Å². The van der Waals surface area contributed by atoms with E-state index in [-0.39, 0.29) is 17.2 Å². The Morgan fingerprint density at radius 1 is 1.03 bits per heavy atom. The number of nitrogens with zero attached hydrogens (tertiary/aromatic N) is 2. The number of imidazole rings is 1. The van der Waals surface area contributed by atoms with Crippen LogP contribution in [0.3, 0.4) is 0 Å². The summed E-state index contributed by atoms with van der Waals surface area (Å²) in [6, 6.07) is 16.1. The van der Waals surface area contributed by atoms with Gasteiger partial charge < -0.3 is 5.32 Å². The van der Waals surface area contributed by atoms with Crippen LogP contribution in [0, 0.1) is 25.7 Å². The molecule has 0 saturated heterocycles. The Balaban J connectivity index is 0.000000199. The van der Waals surface area contributed by atoms with E-state index in [4.69, 9.17) is 0 Å². The van der Waals surface area contributed by atoms with Crippen LogP contribution in [0.5, 0.6) is 0 Å². The molecule has 0 saturated carbocycles. The van der Waals surface area contributed by atoms with E-state index in [0.717, 1.165) is 23.0 Å². The van der Waals surface area contributed by atoms with Crippen LogP contribution in [0.25, 0.3) is 5.65 Å². The van der Waals surface area contributed by atoms with Crippen molar-refractivity contribution in [2.24, 2.45) is 0 Å². The second-order valence-electron chi connectivity index (χ2n) is 8.36. The number of carbonyl (C=O) groups excluding carboxylic acids is 1. The molecule has 0 fully saturated rings. The van der Waals surface area contributed by atoms with E-state index < -0.39 is 11.7 Å². The third-order valence-corrected chi connectivity index (χ3v) is 5.34. The molecule has 0 spiro atoms. The maximum absolute atomic E-state index is 12.7. The van der Waals surface area contributed by atoms with Gasteiger partial charge in [0, 0.05) is 17.4 Å². The molecule has 4 nitrogen and oxygen atoms in total. The fourth-order valence-electron chi connectivity index (χ4n) is 3.49. The molecule has 0 aliphatic carbocycles. The van der Waals surface area contributed by atoms with Crippen LogP contribution < -0.4 is 5.32 Å².